The molecule has 6 heteroatoms. The number of rotatable bonds is 11. The van der Waals surface area contributed by atoms with Gasteiger partial charge in [-0.3, -0.25) is 4.79 Å². The molecule has 0 fully saturated rings. The van der Waals surface area contributed by atoms with Crippen LogP contribution in [0.4, 0.5) is 5.69 Å². The first-order valence-electron chi connectivity index (χ1n) is 9.87. The van der Waals surface area contributed by atoms with Gasteiger partial charge in [-0.2, -0.15) is 10.1 Å². The van der Waals surface area contributed by atoms with Gasteiger partial charge in [0.25, 0.3) is 0 Å². The number of carbonyl (C=O) groups is 1. The van der Waals surface area contributed by atoms with E-state index in [0.717, 1.165) is 44.2 Å². The molecule has 0 aromatic heterocycles. The van der Waals surface area contributed by atoms with Gasteiger partial charge in [-0.15, -0.1) is 0 Å². The SMILES string of the molecule is CCCCCCOC(=O)C1C=C(OCCCC)N(c2ccccc2)N=C1N. The molecule has 0 saturated heterocycles. The van der Waals surface area contributed by atoms with Gasteiger partial charge in [0.1, 0.15) is 11.8 Å². The van der Waals surface area contributed by atoms with Crippen LogP contribution in [-0.4, -0.2) is 25.0 Å². The summed E-state index contributed by atoms with van der Waals surface area (Å²) in [6, 6.07) is 9.60. The van der Waals surface area contributed by atoms with Gasteiger partial charge < -0.3 is 15.2 Å². The number of para-hydroxylation sites is 1. The van der Waals surface area contributed by atoms with Gasteiger partial charge in [0.2, 0.25) is 5.88 Å². The van der Waals surface area contributed by atoms with Crippen LogP contribution in [0.25, 0.3) is 0 Å². The predicted molar refractivity (Wildman–Crippen MR) is 108 cm³/mol. The lowest BCUT2D eigenvalue weighted by molar-refractivity contribution is -0.145. The molecule has 0 amide bonds. The van der Waals surface area contributed by atoms with E-state index in [1.165, 1.54) is 0 Å². The van der Waals surface area contributed by atoms with Crippen molar-refractivity contribution in [3.63, 3.8) is 0 Å². The summed E-state index contributed by atoms with van der Waals surface area (Å²) in [7, 11) is 0. The second-order valence-corrected chi connectivity index (χ2v) is 6.58. The Morgan fingerprint density at radius 1 is 1.07 bits per heavy atom. The van der Waals surface area contributed by atoms with Gasteiger partial charge in [-0.05, 0) is 31.1 Å². The molecule has 0 radical (unpaired) electrons. The van der Waals surface area contributed by atoms with Crippen molar-refractivity contribution in [2.45, 2.75) is 52.4 Å². The zero-order valence-corrected chi connectivity index (χ0v) is 16.4. The van der Waals surface area contributed by atoms with E-state index in [1.54, 1.807) is 11.1 Å². The van der Waals surface area contributed by atoms with Crippen LogP contribution >= 0.6 is 0 Å². The quantitative estimate of drug-likeness (QED) is 0.465. The minimum Gasteiger partial charge on any atom is -0.478 e. The molecular formula is C21H31N3O3. The van der Waals surface area contributed by atoms with Crippen LogP contribution in [-0.2, 0) is 14.3 Å². The van der Waals surface area contributed by atoms with E-state index >= 15 is 0 Å². The smallest absolute Gasteiger partial charge is 0.320 e. The molecule has 6 nitrogen and oxygen atoms in total. The monoisotopic (exact) mass is 373 g/mol. The minimum absolute atomic E-state index is 0.209. The lowest BCUT2D eigenvalue weighted by atomic mass is 10.1. The van der Waals surface area contributed by atoms with Crippen molar-refractivity contribution in [1.29, 1.82) is 0 Å². The molecule has 2 N–H and O–H groups in total. The number of benzene rings is 1. The van der Waals surface area contributed by atoms with E-state index in [9.17, 15) is 4.79 Å². The van der Waals surface area contributed by atoms with Crippen molar-refractivity contribution in [2.75, 3.05) is 18.2 Å². The summed E-state index contributed by atoms with van der Waals surface area (Å²) in [4.78, 5) is 12.5. The van der Waals surface area contributed by atoms with Crippen LogP contribution in [0.15, 0.2) is 47.4 Å². The second-order valence-electron chi connectivity index (χ2n) is 6.58. The fourth-order valence-corrected chi connectivity index (χ4v) is 2.69. The van der Waals surface area contributed by atoms with Crippen molar-refractivity contribution >= 4 is 17.5 Å². The van der Waals surface area contributed by atoms with Crippen molar-refractivity contribution in [1.82, 2.24) is 0 Å². The number of unbranched alkanes of at least 4 members (excludes halogenated alkanes) is 4. The van der Waals surface area contributed by atoms with Crippen LogP contribution in [0.3, 0.4) is 0 Å². The molecule has 1 aromatic rings. The van der Waals surface area contributed by atoms with Crippen LogP contribution in [0.5, 0.6) is 0 Å². The van der Waals surface area contributed by atoms with Crippen LogP contribution < -0.4 is 10.7 Å². The summed E-state index contributed by atoms with van der Waals surface area (Å²) in [5.74, 6) is -0.373. The number of hydrogen-bond acceptors (Lipinski definition) is 6. The lowest BCUT2D eigenvalue weighted by Gasteiger charge is -2.28. The maximum absolute atomic E-state index is 12.5. The lowest BCUT2D eigenvalue weighted by Crippen LogP contribution is -2.38. The topological polar surface area (TPSA) is 77.2 Å². The number of amidine groups is 1. The van der Waals surface area contributed by atoms with E-state index in [-0.39, 0.29) is 11.8 Å². The first-order chi connectivity index (χ1) is 13.2. The van der Waals surface area contributed by atoms with Gasteiger partial charge in [-0.25, -0.2) is 0 Å². The fraction of sp³-hybridized carbons (Fsp3) is 0.524. The summed E-state index contributed by atoms with van der Waals surface area (Å²) in [5.41, 5.74) is 6.91. The first kappa shape index (κ1) is 20.8. The summed E-state index contributed by atoms with van der Waals surface area (Å²) in [6.07, 6.45) is 7.86. The van der Waals surface area contributed by atoms with Gasteiger partial charge in [0, 0.05) is 0 Å². The number of hydrazone groups is 1. The molecule has 1 aromatic carbocycles. The molecule has 1 aliphatic heterocycles. The molecule has 2 rings (SSSR count). The summed E-state index contributed by atoms with van der Waals surface area (Å²) in [6.45, 7) is 5.21. The largest absolute Gasteiger partial charge is 0.478 e. The Hall–Kier alpha value is -2.50. The molecule has 1 atom stereocenters. The molecule has 0 bridgehead atoms. The Morgan fingerprint density at radius 3 is 2.52 bits per heavy atom. The minimum atomic E-state index is -0.715. The van der Waals surface area contributed by atoms with Crippen LogP contribution in [0, 0.1) is 5.92 Å². The number of ether oxygens (including phenoxy) is 2. The zero-order valence-electron chi connectivity index (χ0n) is 16.4. The molecule has 0 aliphatic carbocycles. The van der Waals surface area contributed by atoms with E-state index in [1.807, 2.05) is 30.3 Å². The summed E-state index contributed by atoms with van der Waals surface area (Å²) >= 11 is 0. The number of carbonyl (C=O) groups excluding carboxylic acids is 1. The molecule has 0 spiro atoms. The van der Waals surface area contributed by atoms with Gasteiger partial charge in [0.15, 0.2) is 0 Å². The number of nitrogens with two attached hydrogens (primary N) is 1. The third-order valence-electron chi connectivity index (χ3n) is 4.30. The van der Waals surface area contributed by atoms with Crippen molar-refractivity contribution in [3.8, 4) is 0 Å². The van der Waals surface area contributed by atoms with E-state index in [0.29, 0.717) is 19.1 Å². The molecular weight excluding hydrogens is 342 g/mol. The molecule has 27 heavy (non-hydrogen) atoms. The average Bonchev–Trinajstić information content (AvgIpc) is 2.69. The Bertz CT molecular complexity index is 643. The molecule has 0 saturated carbocycles. The van der Waals surface area contributed by atoms with Crippen LogP contribution in [0.1, 0.15) is 52.4 Å². The molecule has 1 unspecified atom stereocenters. The normalized spacial score (nSPS) is 16.5. The number of anilines is 1. The van der Waals surface area contributed by atoms with E-state index < -0.39 is 5.92 Å². The Labute approximate surface area is 162 Å². The highest BCUT2D eigenvalue weighted by Gasteiger charge is 2.30. The third-order valence-corrected chi connectivity index (χ3v) is 4.30. The average molecular weight is 373 g/mol. The summed E-state index contributed by atoms with van der Waals surface area (Å²) in [5, 5.41) is 6.04. The highest BCUT2D eigenvalue weighted by Crippen LogP contribution is 2.26. The number of esters is 1. The van der Waals surface area contributed by atoms with Crippen molar-refractivity contribution in [2.24, 2.45) is 16.8 Å². The fourth-order valence-electron chi connectivity index (χ4n) is 2.69. The first-order valence-corrected chi connectivity index (χ1v) is 9.87. The molecule has 148 valence electrons. The highest BCUT2D eigenvalue weighted by molar-refractivity contribution is 6.03. The predicted octanol–water partition coefficient (Wildman–Crippen LogP) is 4.18. The maximum atomic E-state index is 12.5. The maximum Gasteiger partial charge on any atom is 0.320 e. The van der Waals surface area contributed by atoms with Gasteiger partial charge in [-0.1, -0.05) is 57.7 Å². The molecule has 1 heterocycles. The standard InChI is InChI=1S/C21H31N3O3/c1-3-5-7-11-15-27-21(25)18-16-19(26-14-6-4-2)24(23-20(18)22)17-12-9-8-10-13-17/h8-10,12-13,16,18H,3-7,11,14-15H2,1-2H3,(H2,22,23). The third kappa shape index (κ3) is 6.31. The van der Waals surface area contributed by atoms with E-state index in [2.05, 4.69) is 18.9 Å². The Balaban J connectivity index is 2.08. The Kier molecular flexibility index (Phi) is 8.68. The second kappa shape index (κ2) is 11.3. The van der Waals surface area contributed by atoms with Crippen molar-refractivity contribution in [3.05, 3.63) is 42.3 Å². The Morgan fingerprint density at radius 2 is 1.81 bits per heavy atom. The zero-order chi connectivity index (χ0) is 19.5. The number of hydrogen-bond donors (Lipinski definition) is 1. The molecule has 1 aliphatic rings. The van der Waals surface area contributed by atoms with Gasteiger partial charge in [0.05, 0.1) is 18.9 Å². The highest BCUT2D eigenvalue weighted by atomic mass is 16.5. The van der Waals surface area contributed by atoms with E-state index in [4.69, 9.17) is 15.2 Å². The van der Waals surface area contributed by atoms with Crippen molar-refractivity contribution < 1.29 is 14.3 Å². The number of nitrogens with zero attached hydrogens (tertiary/aromatic N) is 2. The van der Waals surface area contributed by atoms with Crippen LogP contribution in [0.2, 0.25) is 0 Å². The van der Waals surface area contributed by atoms with Gasteiger partial charge >= 0.3 is 5.97 Å². The summed E-state index contributed by atoms with van der Waals surface area (Å²) < 4.78 is 11.3.